The second-order valence-corrected chi connectivity index (χ2v) is 6.48. The third-order valence-electron chi connectivity index (χ3n) is 3.95. The predicted octanol–water partition coefficient (Wildman–Crippen LogP) is 4.20. The molecular weight excluding hydrogens is 368 g/mol. The number of aromatic nitrogens is 1. The molecular formula is C18H19BrN4O. The van der Waals surface area contributed by atoms with Crippen LogP contribution in [-0.4, -0.2) is 30.6 Å². The first-order valence-corrected chi connectivity index (χ1v) is 8.55. The van der Waals surface area contributed by atoms with Gasteiger partial charge in [0.05, 0.1) is 5.69 Å². The van der Waals surface area contributed by atoms with Gasteiger partial charge in [-0.2, -0.15) is 0 Å². The number of nitrogens with zero attached hydrogens (tertiary/aromatic N) is 3. The molecule has 0 aliphatic carbocycles. The van der Waals surface area contributed by atoms with Gasteiger partial charge in [0.25, 0.3) is 0 Å². The number of hydrogen-bond acceptors (Lipinski definition) is 3. The van der Waals surface area contributed by atoms with Gasteiger partial charge in [-0.15, -0.1) is 6.58 Å². The minimum atomic E-state index is -0.149. The summed E-state index contributed by atoms with van der Waals surface area (Å²) < 4.78 is 1.02. The van der Waals surface area contributed by atoms with Crippen LogP contribution in [0.15, 0.2) is 53.7 Å². The molecule has 0 spiro atoms. The molecule has 0 saturated heterocycles. The number of rotatable bonds is 3. The number of benzene rings is 1. The lowest BCUT2D eigenvalue weighted by Crippen LogP contribution is -2.46. The first-order valence-electron chi connectivity index (χ1n) is 7.75. The molecule has 0 fully saturated rings. The normalized spacial score (nSPS) is 13.4. The van der Waals surface area contributed by atoms with E-state index >= 15 is 0 Å². The minimum absolute atomic E-state index is 0.149. The van der Waals surface area contributed by atoms with E-state index in [1.165, 1.54) is 0 Å². The molecule has 1 aliphatic rings. The number of nitrogens with one attached hydrogen (secondary N) is 1. The molecule has 1 N–H and O–H groups in total. The number of amides is 2. The average molecular weight is 387 g/mol. The monoisotopic (exact) mass is 386 g/mol. The number of anilines is 3. The van der Waals surface area contributed by atoms with Crippen LogP contribution in [-0.2, 0) is 0 Å². The Bertz CT molecular complexity index is 777. The van der Waals surface area contributed by atoms with Gasteiger partial charge in [0.15, 0.2) is 5.82 Å². The van der Waals surface area contributed by atoms with Crippen molar-refractivity contribution in [2.75, 3.05) is 34.8 Å². The van der Waals surface area contributed by atoms with Crippen LogP contribution in [0.3, 0.4) is 0 Å². The fourth-order valence-electron chi connectivity index (χ4n) is 2.75. The minimum Gasteiger partial charge on any atom is -0.349 e. The van der Waals surface area contributed by atoms with Crippen molar-refractivity contribution in [1.82, 2.24) is 4.98 Å². The van der Waals surface area contributed by atoms with Crippen molar-refractivity contribution in [3.8, 4) is 0 Å². The maximum absolute atomic E-state index is 12.7. The molecule has 1 aromatic heterocycles. The molecule has 124 valence electrons. The number of hydrogen-bond donors (Lipinski definition) is 1. The Labute approximate surface area is 150 Å². The van der Waals surface area contributed by atoms with E-state index in [0.29, 0.717) is 13.1 Å². The second kappa shape index (κ2) is 7.05. The largest absolute Gasteiger partial charge is 0.349 e. The Balaban J connectivity index is 1.83. The molecule has 5 nitrogen and oxygen atoms in total. The molecule has 0 radical (unpaired) electrons. The van der Waals surface area contributed by atoms with E-state index in [1.54, 1.807) is 11.1 Å². The van der Waals surface area contributed by atoms with Gasteiger partial charge < -0.3 is 10.2 Å². The summed E-state index contributed by atoms with van der Waals surface area (Å²) in [6.07, 6.45) is 3.59. The van der Waals surface area contributed by atoms with Gasteiger partial charge in [0.2, 0.25) is 0 Å². The Morgan fingerprint density at radius 1 is 1.42 bits per heavy atom. The summed E-state index contributed by atoms with van der Waals surface area (Å²) in [5, 5.41) is 2.97. The number of urea groups is 1. The third kappa shape index (κ3) is 3.28. The van der Waals surface area contributed by atoms with Gasteiger partial charge in [0.1, 0.15) is 0 Å². The Morgan fingerprint density at radius 3 is 3.00 bits per heavy atom. The molecule has 1 aliphatic heterocycles. The van der Waals surface area contributed by atoms with Crippen LogP contribution < -0.4 is 15.1 Å². The van der Waals surface area contributed by atoms with Crippen LogP contribution in [0.2, 0.25) is 0 Å². The summed E-state index contributed by atoms with van der Waals surface area (Å²) in [6.45, 7) is 7.82. The van der Waals surface area contributed by atoms with E-state index in [1.807, 2.05) is 43.3 Å². The zero-order valence-electron chi connectivity index (χ0n) is 13.5. The third-order valence-corrected chi connectivity index (χ3v) is 4.84. The maximum Gasteiger partial charge on any atom is 0.326 e. The van der Waals surface area contributed by atoms with Gasteiger partial charge in [-0.25, -0.2) is 9.78 Å². The van der Waals surface area contributed by atoms with Crippen LogP contribution in [0.1, 0.15) is 5.56 Å². The van der Waals surface area contributed by atoms with Crippen LogP contribution in [0, 0.1) is 6.92 Å². The van der Waals surface area contributed by atoms with Crippen molar-refractivity contribution < 1.29 is 4.79 Å². The van der Waals surface area contributed by atoms with Crippen LogP contribution in [0.5, 0.6) is 0 Å². The molecule has 3 rings (SSSR count). The molecule has 0 atom stereocenters. The van der Waals surface area contributed by atoms with E-state index in [-0.39, 0.29) is 6.03 Å². The van der Waals surface area contributed by atoms with Gasteiger partial charge >= 0.3 is 6.03 Å². The molecule has 6 heteroatoms. The molecule has 2 heterocycles. The number of carbonyl (C=O) groups excluding carboxylic acids is 1. The van der Waals surface area contributed by atoms with Crippen LogP contribution in [0.4, 0.5) is 22.0 Å². The van der Waals surface area contributed by atoms with Crippen molar-refractivity contribution >= 4 is 39.2 Å². The Kier molecular flexibility index (Phi) is 4.85. The molecule has 0 unspecified atom stereocenters. The maximum atomic E-state index is 12.7. The quantitative estimate of drug-likeness (QED) is 0.804. The molecule has 24 heavy (non-hydrogen) atoms. The summed E-state index contributed by atoms with van der Waals surface area (Å²) in [6, 6.07) is 9.38. The van der Waals surface area contributed by atoms with E-state index in [4.69, 9.17) is 0 Å². The van der Waals surface area contributed by atoms with E-state index in [2.05, 4.69) is 37.7 Å². The Morgan fingerprint density at radius 2 is 2.25 bits per heavy atom. The van der Waals surface area contributed by atoms with Crippen molar-refractivity contribution in [3.63, 3.8) is 0 Å². The number of aryl methyl sites for hydroxylation is 1. The van der Waals surface area contributed by atoms with Gasteiger partial charge in [-0.3, -0.25) is 4.90 Å². The topological polar surface area (TPSA) is 48.5 Å². The number of fused-ring (bicyclic) bond motifs is 1. The van der Waals surface area contributed by atoms with Crippen molar-refractivity contribution in [1.29, 1.82) is 0 Å². The summed E-state index contributed by atoms with van der Waals surface area (Å²) >= 11 is 3.47. The molecule has 2 aromatic rings. The smallest absolute Gasteiger partial charge is 0.326 e. The van der Waals surface area contributed by atoms with Crippen LogP contribution in [0.25, 0.3) is 0 Å². The number of pyridine rings is 1. The van der Waals surface area contributed by atoms with Gasteiger partial charge in [-0.1, -0.05) is 22.0 Å². The summed E-state index contributed by atoms with van der Waals surface area (Å²) in [5.41, 5.74) is 2.67. The van der Waals surface area contributed by atoms with E-state index in [9.17, 15) is 4.79 Å². The standard InChI is InChI=1S/C18H19BrN4O/c1-3-9-22-10-11-23(16-5-4-8-20-17(16)22)18(24)21-14-6-7-15(19)13(2)12-14/h3-8,12H,1,9-11H2,2H3,(H,21,24). The molecule has 1 aromatic carbocycles. The summed E-state index contributed by atoms with van der Waals surface area (Å²) in [5.74, 6) is 0.811. The van der Waals surface area contributed by atoms with Gasteiger partial charge in [-0.05, 0) is 42.8 Å². The molecule has 2 amide bonds. The average Bonchev–Trinajstić information content (AvgIpc) is 2.58. The van der Waals surface area contributed by atoms with Crippen molar-refractivity contribution in [3.05, 3.63) is 59.2 Å². The van der Waals surface area contributed by atoms with E-state index < -0.39 is 0 Å². The highest BCUT2D eigenvalue weighted by molar-refractivity contribution is 9.10. The summed E-state index contributed by atoms with van der Waals surface area (Å²) in [4.78, 5) is 21.0. The first-order chi connectivity index (χ1) is 11.6. The predicted molar refractivity (Wildman–Crippen MR) is 102 cm³/mol. The fraction of sp³-hybridized carbons (Fsp3) is 0.222. The zero-order valence-corrected chi connectivity index (χ0v) is 15.1. The van der Waals surface area contributed by atoms with Crippen molar-refractivity contribution in [2.45, 2.75) is 6.92 Å². The lowest BCUT2D eigenvalue weighted by atomic mass is 10.2. The number of carbonyl (C=O) groups is 1. The second-order valence-electron chi connectivity index (χ2n) is 5.63. The fourth-order valence-corrected chi connectivity index (χ4v) is 2.99. The van der Waals surface area contributed by atoms with E-state index in [0.717, 1.165) is 33.8 Å². The highest BCUT2D eigenvalue weighted by Crippen LogP contribution is 2.31. The highest BCUT2D eigenvalue weighted by atomic mass is 79.9. The lowest BCUT2D eigenvalue weighted by Gasteiger charge is -2.36. The Hall–Kier alpha value is -2.34. The SMILES string of the molecule is C=CCN1CCN(C(=O)Nc2ccc(Br)c(C)c2)c2cccnc21. The van der Waals surface area contributed by atoms with Crippen molar-refractivity contribution in [2.24, 2.45) is 0 Å². The van der Waals surface area contributed by atoms with Crippen LogP contribution >= 0.6 is 15.9 Å². The first kappa shape index (κ1) is 16.5. The highest BCUT2D eigenvalue weighted by Gasteiger charge is 2.27. The molecule has 0 bridgehead atoms. The molecule has 0 saturated carbocycles. The van der Waals surface area contributed by atoms with Gasteiger partial charge in [0, 0.05) is 36.0 Å². The summed E-state index contributed by atoms with van der Waals surface area (Å²) in [7, 11) is 0. The lowest BCUT2D eigenvalue weighted by molar-refractivity contribution is 0.256. The zero-order chi connectivity index (χ0) is 17.1. The number of halogens is 1.